The Morgan fingerprint density at radius 2 is 0.520 bits per heavy atom. The number of hydrogen-bond donors (Lipinski definition) is 0. The van der Waals surface area contributed by atoms with E-state index in [-0.39, 0.29) is 31.1 Å². The molecule has 0 heterocycles. The summed E-state index contributed by atoms with van der Waals surface area (Å²) >= 11 is 0. The Bertz CT molecular complexity index is 1390. The molecule has 0 saturated carbocycles. The second-order valence-electron chi connectivity index (χ2n) is 21.6. The van der Waals surface area contributed by atoms with Crippen LogP contribution in [0.25, 0.3) is 0 Å². The van der Waals surface area contributed by atoms with Crippen molar-refractivity contribution < 1.29 is 28.6 Å². The van der Waals surface area contributed by atoms with Gasteiger partial charge in [-0.25, -0.2) is 0 Å². The van der Waals surface area contributed by atoms with E-state index in [1.54, 1.807) is 0 Å². The molecule has 0 spiro atoms. The molecular formula is C69H122O6. The lowest BCUT2D eigenvalue weighted by atomic mass is 10.0. The van der Waals surface area contributed by atoms with E-state index in [0.29, 0.717) is 19.3 Å². The molecule has 434 valence electrons. The summed E-state index contributed by atoms with van der Waals surface area (Å²) < 4.78 is 16.9. The van der Waals surface area contributed by atoms with Crippen LogP contribution in [0.2, 0.25) is 0 Å². The first-order valence-electron chi connectivity index (χ1n) is 32.4. The minimum atomic E-state index is -0.788. The van der Waals surface area contributed by atoms with Gasteiger partial charge in [-0.1, -0.05) is 273 Å². The lowest BCUT2D eigenvalue weighted by Crippen LogP contribution is -2.30. The molecule has 0 aromatic rings. The lowest BCUT2D eigenvalue weighted by molar-refractivity contribution is -0.167. The van der Waals surface area contributed by atoms with Gasteiger partial charge in [0.15, 0.2) is 6.10 Å². The first-order chi connectivity index (χ1) is 37.0. The van der Waals surface area contributed by atoms with Crippen molar-refractivity contribution in [1.82, 2.24) is 0 Å². The van der Waals surface area contributed by atoms with Gasteiger partial charge in [0.05, 0.1) is 0 Å². The SMILES string of the molecule is CC/C=C\C/C=C\C/C=C\C/C=C\CCCCCCC(=O)OC[C@H](COC(=O)CCCCCCCCCCCCC/C=C\CCCCCCCC)OC(=O)CCCCCCCCCCC/C=C\CCCCCCCC. The average molecular weight is 1050 g/mol. The van der Waals surface area contributed by atoms with Gasteiger partial charge in [-0.2, -0.15) is 0 Å². The molecule has 0 bridgehead atoms. The summed E-state index contributed by atoms with van der Waals surface area (Å²) in [5.74, 6) is -0.894. The van der Waals surface area contributed by atoms with Crippen LogP contribution in [0.1, 0.15) is 329 Å². The summed E-state index contributed by atoms with van der Waals surface area (Å²) in [5.41, 5.74) is 0. The molecule has 0 aliphatic heterocycles. The van der Waals surface area contributed by atoms with E-state index in [1.807, 2.05) is 0 Å². The maximum atomic E-state index is 12.9. The Kier molecular flexibility index (Phi) is 60.7. The second-order valence-corrected chi connectivity index (χ2v) is 21.6. The van der Waals surface area contributed by atoms with Crippen LogP contribution in [0.15, 0.2) is 72.9 Å². The first-order valence-corrected chi connectivity index (χ1v) is 32.4. The molecular weight excluding hydrogens is 925 g/mol. The fraction of sp³-hybridized carbons (Fsp3) is 0.783. The van der Waals surface area contributed by atoms with Crippen molar-refractivity contribution in [2.75, 3.05) is 13.2 Å². The third-order valence-corrected chi connectivity index (χ3v) is 14.2. The van der Waals surface area contributed by atoms with Crippen molar-refractivity contribution in [1.29, 1.82) is 0 Å². The van der Waals surface area contributed by atoms with Crippen LogP contribution in [0.3, 0.4) is 0 Å². The van der Waals surface area contributed by atoms with Crippen LogP contribution in [-0.4, -0.2) is 37.2 Å². The van der Waals surface area contributed by atoms with Gasteiger partial charge in [0, 0.05) is 19.3 Å². The number of hydrogen-bond acceptors (Lipinski definition) is 6. The van der Waals surface area contributed by atoms with Crippen LogP contribution in [0.5, 0.6) is 0 Å². The van der Waals surface area contributed by atoms with Gasteiger partial charge in [0.2, 0.25) is 0 Å². The van der Waals surface area contributed by atoms with Crippen LogP contribution in [-0.2, 0) is 28.6 Å². The normalized spacial score (nSPS) is 12.5. The first kappa shape index (κ1) is 71.8. The number of ether oxygens (including phenoxy) is 3. The highest BCUT2D eigenvalue weighted by Crippen LogP contribution is 2.16. The molecule has 0 unspecified atom stereocenters. The Morgan fingerprint density at radius 3 is 0.827 bits per heavy atom. The van der Waals surface area contributed by atoms with Gasteiger partial charge in [-0.05, 0) is 109 Å². The summed E-state index contributed by atoms with van der Waals surface area (Å²) in [7, 11) is 0. The maximum absolute atomic E-state index is 12.9. The van der Waals surface area contributed by atoms with E-state index in [2.05, 4.69) is 93.7 Å². The molecule has 0 rings (SSSR count). The van der Waals surface area contributed by atoms with Gasteiger partial charge in [0.25, 0.3) is 0 Å². The van der Waals surface area contributed by atoms with E-state index < -0.39 is 6.10 Å². The number of rotatable bonds is 59. The monoisotopic (exact) mass is 1050 g/mol. The molecule has 0 N–H and O–H groups in total. The molecule has 0 fully saturated rings. The molecule has 6 nitrogen and oxygen atoms in total. The minimum Gasteiger partial charge on any atom is -0.462 e. The van der Waals surface area contributed by atoms with E-state index in [1.165, 1.54) is 193 Å². The summed E-state index contributed by atoms with van der Waals surface area (Å²) in [4.78, 5) is 38.4. The molecule has 0 aliphatic carbocycles. The quantitative estimate of drug-likeness (QED) is 0.0261. The van der Waals surface area contributed by atoms with Gasteiger partial charge in [-0.15, -0.1) is 0 Å². The maximum Gasteiger partial charge on any atom is 0.306 e. The molecule has 0 radical (unpaired) electrons. The molecule has 0 amide bonds. The zero-order chi connectivity index (χ0) is 54.3. The van der Waals surface area contributed by atoms with E-state index in [4.69, 9.17) is 14.2 Å². The smallest absolute Gasteiger partial charge is 0.306 e. The van der Waals surface area contributed by atoms with Gasteiger partial charge < -0.3 is 14.2 Å². The molecule has 0 saturated heterocycles. The van der Waals surface area contributed by atoms with Crippen LogP contribution in [0.4, 0.5) is 0 Å². The molecule has 1 atom stereocenters. The zero-order valence-corrected chi connectivity index (χ0v) is 49.8. The third kappa shape index (κ3) is 61.6. The number of allylic oxidation sites excluding steroid dienone is 12. The zero-order valence-electron chi connectivity index (χ0n) is 49.8. The molecule has 6 heteroatoms. The summed E-state index contributed by atoms with van der Waals surface area (Å²) in [6.45, 7) is 6.54. The van der Waals surface area contributed by atoms with Crippen molar-refractivity contribution in [2.24, 2.45) is 0 Å². The number of carbonyl (C=O) groups excluding carboxylic acids is 3. The van der Waals surface area contributed by atoms with E-state index in [0.717, 1.165) is 96.3 Å². The fourth-order valence-electron chi connectivity index (χ4n) is 9.31. The van der Waals surface area contributed by atoms with Crippen LogP contribution < -0.4 is 0 Å². The Balaban J connectivity index is 4.38. The summed E-state index contributed by atoms with van der Waals surface area (Å²) in [6.07, 6.45) is 81.9. The van der Waals surface area contributed by atoms with E-state index in [9.17, 15) is 14.4 Å². The third-order valence-electron chi connectivity index (χ3n) is 14.2. The number of esters is 3. The van der Waals surface area contributed by atoms with Gasteiger partial charge >= 0.3 is 17.9 Å². The standard InChI is InChI=1S/C69H122O6/c1-4-7-10-13-16-19-22-25-28-31-33-34-36-38-41-44-47-50-53-56-59-62-68(71)74-65-66(64-73-67(70)61-58-55-52-49-46-43-40-37-30-27-24-21-18-15-12-9-6-3)75-69(72)63-60-57-54-51-48-45-42-39-35-32-29-26-23-20-17-14-11-8-5-2/h9,12,18,21,25-30,40,43,66H,4-8,10-11,13-17,19-20,22-24,31-39,41-42,44-65H2,1-3H3/b12-9-,21-18-,28-25-,29-26-,30-27-,43-40-/t66-/m1/s1. The predicted octanol–water partition coefficient (Wildman–Crippen LogP) is 22.1. The summed E-state index contributed by atoms with van der Waals surface area (Å²) in [6, 6.07) is 0. The van der Waals surface area contributed by atoms with Crippen molar-refractivity contribution in [3.05, 3.63) is 72.9 Å². The highest BCUT2D eigenvalue weighted by Gasteiger charge is 2.19. The molecule has 0 aromatic heterocycles. The minimum absolute atomic E-state index is 0.0828. The average Bonchev–Trinajstić information content (AvgIpc) is 3.41. The van der Waals surface area contributed by atoms with Crippen molar-refractivity contribution in [3.8, 4) is 0 Å². The Morgan fingerprint density at radius 1 is 0.280 bits per heavy atom. The van der Waals surface area contributed by atoms with Crippen molar-refractivity contribution >= 4 is 17.9 Å². The van der Waals surface area contributed by atoms with Gasteiger partial charge in [0.1, 0.15) is 13.2 Å². The highest BCUT2D eigenvalue weighted by molar-refractivity contribution is 5.71. The fourth-order valence-corrected chi connectivity index (χ4v) is 9.31. The van der Waals surface area contributed by atoms with Crippen molar-refractivity contribution in [3.63, 3.8) is 0 Å². The largest absolute Gasteiger partial charge is 0.462 e. The Hall–Kier alpha value is -3.15. The highest BCUT2D eigenvalue weighted by atomic mass is 16.6. The van der Waals surface area contributed by atoms with Crippen LogP contribution >= 0.6 is 0 Å². The molecule has 0 aliphatic rings. The second kappa shape index (κ2) is 63.4. The number of unbranched alkanes of at least 4 members (excludes halogenated alkanes) is 36. The topological polar surface area (TPSA) is 78.9 Å². The van der Waals surface area contributed by atoms with Gasteiger partial charge in [-0.3, -0.25) is 14.4 Å². The predicted molar refractivity (Wildman–Crippen MR) is 325 cm³/mol. The Labute approximate surface area is 465 Å². The lowest BCUT2D eigenvalue weighted by Gasteiger charge is -2.18. The number of carbonyl (C=O) groups is 3. The molecule has 0 aromatic carbocycles. The van der Waals surface area contributed by atoms with E-state index >= 15 is 0 Å². The molecule has 75 heavy (non-hydrogen) atoms. The van der Waals surface area contributed by atoms with Crippen LogP contribution in [0, 0.1) is 0 Å². The summed E-state index contributed by atoms with van der Waals surface area (Å²) in [5, 5.41) is 0. The van der Waals surface area contributed by atoms with Crippen molar-refractivity contribution in [2.45, 2.75) is 335 Å².